The minimum Gasteiger partial charge on any atom is -0.392 e. The van der Waals surface area contributed by atoms with Crippen LogP contribution in [0.5, 0.6) is 5.88 Å². The molecule has 1 saturated heterocycles. The lowest BCUT2D eigenvalue weighted by Crippen LogP contribution is -2.47. The monoisotopic (exact) mass is 577 g/mol. The number of morpholine rings is 1. The lowest BCUT2D eigenvalue weighted by Gasteiger charge is -2.36. The molecule has 0 saturated carbocycles. The highest BCUT2D eigenvalue weighted by atomic mass is 35.5. The van der Waals surface area contributed by atoms with Crippen molar-refractivity contribution in [3.63, 3.8) is 0 Å². The van der Waals surface area contributed by atoms with Gasteiger partial charge in [0, 0.05) is 43.8 Å². The summed E-state index contributed by atoms with van der Waals surface area (Å²) < 4.78 is 55.9. The van der Waals surface area contributed by atoms with E-state index in [4.69, 9.17) is 21.1 Å². The second kappa shape index (κ2) is 12.2. The predicted octanol–water partition coefficient (Wildman–Crippen LogP) is 6.97. The Morgan fingerprint density at radius 1 is 1.05 bits per heavy atom. The highest BCUT2D eigenvalue weighted by molar-refractivity contribution is 6.30. The average molecular weight is 578 g/mol. The smallest absolute Gasteiger partial charge is 0.392 e. The summed E-state index contributed by atoms with van der Waals surface area (Å²) in [6.07, 6.45) is -5.41. The van der Waals surface area contributed by atoms with E-state index in [1.807, 2.05) is 0 Å². The molecule has 1 aliphatic heterocycles. The molecular formula is C30H35ClF3N3O3. The zero-order valence-electron chi connectivity index (χ0n) is 23.2. The minimum atomic E-state index is -4.68. The van der Waals surface area contributed by atoms with Gasteiger partial charge < -0.3 is 18.9 Å². The molecule has 3 aromatic rings. The molecule has 2 heterocycles. The maximum Gasteiger partial charge on any atom is 0.431 e. The average Bonchev–Trinajstić information content (AvgIpc) is 3.15. The highest BCUT2D eigenvalue weighted by Gasteiger charge is 2.41. The maximum absolute atomic E-state index is 14.5. The van der Waals surface area contributed by atoms with E-state index in [0.29, 0.717) is 35.9 Å². The van der Waals surface area contributed by atoms with Crippen LogP contribution in [0.4, 0.5) is 18.0 Å². The van der Waals surface area contributed by atoms with Gasteiger partial charge in [0.2, 0.25) is 5.88 Å². The zero-order chi connectivity index (χ0) is 29.1. The largest absolute Gasteiger partial charge is 0.431 e. The van der Waals surface area contributed by atoms with Crippen LogP contribution >= 0.6 is 11.6 Å². The second-order valence-corrected chi connectivity index (χ2v) is 11.4. The molecule has 6 nitrogen and oxygen atoms in total. The number of hydrogen-bond donors (Lipinski definition) is 0. The quantitative estimate of drug-likeness (QED) is 0.290. The Bertz CT molecular complexity index is 1300. The fourth-order valence-corrected chi connectivity index (χ4v) is 5.47. The number of benzene rings is 2. The van der Waals surface area contributed by atoms with Crippen molar-refractivity contribution >= 4 is 17.7 Å². The number of ether oxygens (including phenoxy) is 2. The number of nitrogens with zero attached hydrogens (tertiary/aromatic N) is 3. The molecule has 40 heavy (non-hydrogen) atoms. The molecule has 0 spiro atoms. The highest BCUT2D eigenvalue weighted by Crippen LogP contribution is 2.45. The van der Waals surface area contributed by atoms with Crippen molar-refractivity contribution in [1.82, 2.24) is 14.4 Å². The Morgan fingerprint density at radius 2 is 1.68 bits per heavy atom. The molecule has 0 N–H and O–H groups in total. The summed E-state index contributed by atoms with van der Waals surface area (Å²) in [5.74, 6) is -0.154. The van der Waals surface area contributed by atoms with E-state index in [1.54, 1.807) is 61.6 Å². The number of alkyl halides is 3. The summed E-state index contributed by atoms with van der Waals surface area (Å²) >= 11 is 6.06. The number of amides is 1. The van der Waals surface area contributed by atoms with E-state index in [1.165, 1.54) is 11.8 Å². The standard InChI is InChI=1S/C30H35ClF3N3O3/c1-21-25(23-10-12-24(31)13-11-23)27(37(26(21)30(32,33)34)18-22-8-6-5-7-9-22)40-28(38)35(4)19-29(2,3)20-36-14-16-39-17-15-36/h5-13H,14-20H2,1-4H3. The van der Waals surface area contributed by atoms with Crippen LogP contribution in [0.1, 0.15) is 30.7 Å². The van der Waals surface area contributed by atoms with Gasteiger partial charge in [-0.3, -0.25) is 4.90 Å². The van der Waals surface area contributed by atoms with Crippen molar-refractivity contribution in [2.45, 2.75) is 33.5 Å². The van der Waals surface area contributed by atoms with Crippen LogP contribution in [-0.2, 0) is 17.5 Å². The Hall–Kier alpha value is -3.01. The third-order valence-corrected chi connectivity index (χ3v) is 7.21. The number of hydrogen-bond acceptors (Lipinski definition) is 4. The van der Waals surface area contributed by atoms with Crippen LogP contribution in [0, 0.1) is 12.3 Å². The summed E-state index contributed by atoms with van der Waals surface area (Å²) in [4.78, 5) is 17.2. The third-order valence-electron chi connectivity index (χ3n) is 6.96. The van der Waals surface area contributed by atoms with Gasteiger partial charge in [0.25, 0.3) is 0 Å². The topological polar surface area (TPSA) is 46.9 Å². The Kier molecular flexibility index (Phi) is 9.17. The van der Waals surface area contributed by atoms with Gasteiger partial charge in [0.1, 0.15) is 5.69 Å². The molecule has 0 bridgehead atoms. The number of halogens is 4. The molecule has 0 aliphatic carbocycles. The zero-order valence-corrected chi connectivity index (χ0v) is 24.0. The molecule has 1 fully saturated rings. The van der Waals surface area contributed by atoms with Crippen molar-refractivity contribution < 1.29 is 27.4 Å². The van der Waals surface area contributed by atoms with Crippen LogP contribution in [0.25, 0.3) is 11.1 Å². The van der Waals surface area contributed by atoms with Gasteiger partial charge in [-0.2, -0.15) is 13.2 Å². The maximum atomic E-state index is 14.5. The van der Waals surface area contributed by atoms with Crippen molar-refractivity contribution in [2.24, 2.45) is 5.41 Å². The van der Waals surface area contributed by atoms with Gasteiger partial charge >= 0.3 is 12.3 Å². The lowest BCUT2D eigenvalue weighted by atomic mass is 9.92. The van der Waals surface area contributed by atoms with Crippen LogP contribution in [0.2, 0.25) is 5.02 Å². The van der Waals surface area contributed by atoms with Gasteiger partial charge in [-0.05, 0) is 41.2 Å². The molecule has 0 atom stereocenters. The van der Waals surface area contributed by atoms with Crippen LogP contribution < -0.4 is 4.74 Å². The molecular weight excluding hydrogens is 543 g/mol. The fourth-order valence-electron chi connectivity index (χ4n) is 5.34. The summed E-state index contributed by atoms with van der Waals surface area (Å²) in [5, 5.41) is 0.446. The van der Waals surface area contributed by atoms with Crippen LogP contribution in [0.15, 0.2) is 54.6 Å². The third kappa shape index (κ3) is 7.19. The predicted molar refractivity (Wildman–Crippen MR) is 150 cm³/mol. The van der Waals surface area contributed by atoms with E-state index in [2.05, 4.69) is 18.7 Å². The lowest BCUT2D eigenvalue weighted by molar-refractivity contribution is -0.144. The fraction of sp³-hybridized carbons (Fsp3) is 0.433. The Balaban J connectivity index is 1.71. The van der Waals surface area contributed by atoms with Crippen molar-refractivity contribution in [1.29, 1.82) is 0 Å². The van der Waals surface area contributed by atoms with Crippen LogP contribution in [0.3, 0.4) is 0 Å². The minimum absolute atomic E-state index is 0.0242. The molecule has 1 aromatic heterocycles. The summed E-state index contributed by atoms with van der Waals surface area (Å²) in [7, 11) is 1.60. The van der Waals surface area contributed by atoms with Gasteiger partial charge in [0.15, 0.2) is 0 Å². The first-order chi connectivity index (χ1) is 18.9. The van der Waals surface area contributed by atoms with Gasteiger partial charge in [-0.25, -0.2) is 4.79 Å². The second-order valence-electron chi connectivity index (χ2n) is 11.0. The van der Waals surface area contributed by atoms with E-state index in [9.17, 15) is 18.0 Å². The van der Waals surface area contributed by atoms with E-state index in [0.717, 1.165) is 24.2 Å². The number of carbonyl (C=O) groups excluding carboxylic acids is 1. The van der Waals surface area contributed by atoms with E-state index >= 15 is 0 Å². The SMILES string of the molecule is Cc1c(-c2ccc(Cl)cc2)c(OC(=O)N(C)CC(C)(C)CN2CCOCC2)n(Cc2ccccc2)c1C(F)(F)F. The van der Waals surface area contributed by atoms with E-state index < -0.39 is 18.0 Å². The molecule has 1 amide bonds. The molecule has 0 unspecified atom stereocenters. The number of carbonyl (C=O) groups is 1. The first-order valence-corrected chi connectivity index (χ1v) is 13.6. The molecule has 1 aliphatic rings. The van der Waals surface area contributed by atoms with Crippen molar-refractivity contribution in [3.05, 3.63) is 76.4 Å². The summed E-state index contributed by atoms with van der Waals surface area (Å²) in [6.45, 7) is 9.44. The first-order valence-electron chi connectivity index (χ1n) is 13.2. The summed E-state index contributed by atoms with van der Waals surface area (Å²) in [5.41, 5.74) is 0.140. The molecule has 0 radical (unpaired) electrons. The first kappa shape index (κ1) is 30.0. The van der Waals surface area contributed by atoms with Crippen molar-refractivity contribution in [2.75, 3.05) is 46.4 Å². The van der Waals surface area contributed by atoms with Crippen molar-refractivity contribution in [3.8, 4) is 17.0 Å². The van der Waals surface area contributed by atoms with E-state index in [-0.39, 0.29) is 29.0 Å². The van der Waals surface area contributed by atoms with Crippen LogP contribution in [-0.4, -0.2) is 66.9 Å². The molecule has 216 valence electrons. The number of aromatic nitrogens is 1. The normalized spacial score (nSPS) is 14.8. The van der Waals surface area contributed by atoms with Gasteiger partial charge in [0.05, 0.1) is 19.8 Å². The van der Waals surface area contributed by atoms with Gasteiger partial charge in [-0.15, -0.1) is 0 Å². The van der Waals surface area contributed by atoms with Gasteiger partial charge in [-0.1, -0.05) is 67.9 Å². The molecule has 10 heteroatoms. The Labute approximate surface area is 238 Å². The number of rotatable bonds is 8. The Morgan fingerprint density at radius 3 is 2.27 bits per heavy atom. The summed E-state index contributed by atoms with van der Waals surface area (Å²) in [6, 6.07) is 15.3. The molecule has 4 rings (SSSR count). The molecule has 2 aromatic carbocycles.